The molecule has 1 aromatic carbocycles. The van der Waals surface area contributed by atoms with Crippen LogP contribution in [-0.2, 0) is 17.8 Å². The third-order valence-corrected chi connectivity index (χ3v) is 4.75. The molecule has 1 fully saturated rings. The van der Waals surface area contributed by atoms with Crippen molar-refractivity contribution in [1.29, 1.82) is 0 Å². The van der Waals surface area contributed by atoms with Gasteiger partial charge in [-0.2, -0.15) is 0 Å². The standard InChI is InChI=1S/C18H26N4O.HI/c1-19-18(20-13-17(23)21-10-5-2-6-11-21)22-12-9-15-7-3-4-8-16(15)14-22;/h3-4,7-8H,2,5-6,9-14H2,1H3,(H,19,20);1H. The molecule has 0 bridgehead atoms. The Balaban J connectivity index is 0.00000208. The Labute approximate surface area is 161 Å². The molecule has 3 rings (SSSR count). The van der Waals surface area contributed by atoms with Gasteiger partial charge >= 0.3 is 0 Å². The Morgan fingerprint density at radius 3 is 2.50 bits per heavy atom. The zero-order valence-electron chi connectivity index (χ0n) is 14.3. The van der Waals surface area contributed by atoms with Gasteiger partial charge in [-0.05, 0) is 36.8 Å². The second-order valence-electron chi connectivity index (χ2n) is 6.28. The first-order valence-electron chi connectivity index (χ1n) is 8.58. The van der Waals surface area contributed by atoms with Gasteiger partial charge in [-0.25, -0.2) is 0 Å². The van der Waals surface area contributed by atoms with Crippen LogP contribution < -0.4 is 5.32 Å². The van der Waals surface area contributed by atoms with Crippen molar-refractivity contribution in [1.82, 2.24) is 15.1 Å². The average molecular weight is 442 g/mol. The lowest BCUT2D eigenvalue weighted by molar-refractivity contribution is -0.130. The maximum absolute atomic E-state index is 12.3. The monoisotopic (exact) mass is 442 g/mol. The number of amides is 1. The van der Waals surface area contributed by atoms with Gasteiger partial charge in [-0.1, -0.05) is 24.3 Å². The number of fused-ring (bicyclic) bond motifs is 1. The first-order valence-corrected chi connectivity index (χ1v) is 8.58. The molecule has 2 aliphatic rings. The summed E-state index contributed by atoms with van der Waals surface area (Å²) in [4.78, 5) is 20.8. The summed E-state index contributed by atoms with van der Waals surface area (Å²) in [7, 11) is 1.79. The quantitative estimate of drug-likeness (QED) is 0.434. The lowest BCUT2D eigenvalue weighted by Crippen LogP contribution is -2.48. The Kier molecular flexibility index (Phi) is 7.33. The Hall–Kier alpha value is -1.31. The molecule has 0 radical (unpaired) electrons. The number of guanidine groups is 1. The minimum atomic E-state index is 0. The van der Waals surface area contributed by atoms with Crippen LogP contribution in [0.5, 0.6) is 0 Å². The number of hydrogen-bond acceptors (Lipinski definition) is 2. The molecular weight excluding hydrogens is 415 g/mol. The molecule has 5 nitrogen and oxygen atoms in total. The number of hydrogen-bond donors (Lipinski definition) is 1. The summed E-state index contributed by atoms with van der Waals surface area (Å²) < 4.78 is 0. The van der Waals surface area contributed by atoms with Crippen molar-refractivity contribution in [3.05, 3.63) is 35.4 Å². The summed E-state index contributed by atoms with van der Waals surface area (Å²) in [6.07, 6.45) is 4.52. The molecule has 0 aromatic heterocycles. The summed E-state index contributed by atoms with van der Waals surface area (Å²) in [5.74, 6) is 1.01. The van der Waals surface area contributed by atoms with Crippen LogP contribution in [0.25, 0.3) is 0 Å². The maximum atomic E-state index is 12.3. The van der Waals surface area contributed by atoms with E-state index in [0.29, 0.717) is 6.54 Å². The van der Waals surface area contributed by atoms with E-state index in [1.807, 2.05) is 4.90 Å². The first kappa shape index (κ1) is 19.0. The van der Waals surface area contributed by atoms with Gasteiger partial charge in [0.1, 0.15) is 0 Å². The molecule has 0 spiro atoms. The van der Waals surface area contributed by atoms with Gasteiger partial charge in [0.05, 0.1) is 6.54 Å². The van der Waals surface area contributed by atoms with E-state index in [1.165, 1.54) is 17.5 Å². The fraction of sp³-hybridized carbons (Fsp3) is 0.556. The molecule has 0 saturated carbocycles. The molecule has 2 aliphatic heterocycles. The number of benzene rings is 1. The van der Waals surface area contributed by atoms with Crippen molar-refractivity contribution in [3.63, 3.8) is 0 Å². The highest BCUT2D eigenvalue weighted by Gasteiger charge is 2.21. The molecule has 6 heteroatoms. The van der Waals surface area contributed by atoms with E-state index in [1.54, 1.807) is 7.05 Å². The number of halogens is 1. The Morgan fingerprint density at radius 2 is 1.79 bits per heavy atom. The summed E-state index contributed by atoms with van der Waals surface area (Å²) in [5.41, 5.74) is 2.77. The normalized spacial score (nSPS) is 17.8. The number of nitrogens with zero attached hydrogens (tertiary/aromatic N) is 3. The van der Waals surface area contributed by atoms with Gasteiger partial charge in [-0.3, -0.25) is 9.79 Å². The Morgan fingerprint density at radius 1 is 1.08 bits per heavy atom. The highest BCUT2D eigenvalue weighted by atomic mass is 127. The van der Waals surface area contributed by atoms with Crippen molar-refractivity contribution in [2.24, 2.45) is 4.99 Å². The van der Waals surface area contributed by atoms with Crippen LogP contribution >= 0.6 is 24.0 Å². The van der Waals surface area contributed by atoms with E-state index in [2.05, 4.69) is 39.5 Å². The van der Waals surface area contributed by atoms with Gasteiger partial charge in [0.15, 0.2) is 5.96 Å². The molecule has 0 aliphatic carbocycles. The predicted molar refractivity (Wildman–Crippen MR) is 108 cm³/mol. The first-order chi connectivity index (χ1) is 11.3. The van der Waals surface area contributed by atoms with E-state index in [-0.39, 0.29) is 29.9 Å². The van der Waals surface area contributed by atoms with Gasteiger partial charge < -0.3 is 15.1 Å². The third kappa shape index (κ3) is 4.62. The molecule has 132 valence electrons. The van der Waals surface area contributed by atoms with Gasteiger partial charge in [0.25, 0.3) is 0 Å². The van der Waals surface area contributed by atoms with Crippen molar-refractivity contribution < 1.29 is 4.79 Å². The van der Waals surface area contributed by atoms with Crippen molar-refractivity contribution in [3.8, 4) is 0 Å². The lowest BCUT2D eigenvalue weighted by Gasteiger charge is -2.32. The summed E-state index contributed by atoms with van der Waals surface area (Å²) in [6.45, 7) is 3.93. The molecule has 1 aromatic rings. The molecule has 2 heterocycles. The van der Waals surface area contributed by atoms with Gasteiger partial charge in [0, 0.05) is 33.2 Å². The molecule has 24 heavy (non-hydrogen) atoms. The zero-order valence-corrected chi connectivity index (χ0v) is 16.7. The van der Waals surface area contributed by atoms with Crippen LogP contribution in [-0.4, -0.2) is 54.9 Å². The molecule has 0 atom stereocenters. The number of piperidine rings is 1. The number of rotatable bonds is 2. The fourth-order valence-electron chi connectivity index (χ4n) is 3.42. The van der Waals surface area contributed by atoms with Crippen LogP contribution in [0.15, 0.2) is 29.3 Å². The van der Waals surface area contributed by atoms with E-state index >= 15 is 0 Å². The largest absolute Gasteiger partial charge is 0.347 e. The van der Waals surface area contributed by atoms with E-state index in [0.717, 1.165) is 51.4 Å². The average Bonchev–Trinajstić information content (AvgIpc) is 2.62. The van der Waals surface area contributed by atoms with Crippen molar-refractivity contribution in [2.75, 3.05) is 33.2 Å². The number of carbonyl (C=O) groups is 1. The minimum Gasteiger partial charge on any atom is -0.347 e. The van der Waals surface area contributed by atoms with Crippen molar-refractivity contribution in [2.45, 2.75) is 32.2 Å². The summed E-state index contributed by atoms with van der Waals surface area (Å²) >= 11 is 0. The zero-order chi connectivity index (χ0) is 16.1. The predicted octanol–water partition coefficient (Wildman–Crippen LogP) is 2.25. The number of aliphatic imine (C=N–C) groups is 1. The molecule has 1 amide bonds. The smallest absolute Gasteiger partial charge is 0.241 e. The highest BCUT2D eigenvalue weighted by Crippen LogP contribution is 2.18. The second kappa shape index (κ2) is 9.25. The molecule has 1 N–H and O–H groups in total. The molecule has 1 saturated heterocycles. The van der Waals surface area contributed by atoms with Crippen LogP contribution in [0.2, 0.25) is 0 Å². The van der Waals surface area contributed by atoms with Gasteiger partial charge in [0.2, 0.25) is 5.91 Å². The fourth-order valence-corrected chi connectivity index (χ4v) is 3.42. The van der Waals surface area contributed by atoms with Crippen LogP contribution in [0.4, 0.5) is 0 Å². The second-order valence-corrected chi connectivity index (χ2v) is 6.28. The van der Waals surface area contributed by atoms with Crippen LogP contribution in [0.3, 0.4) is 0 Å². The minimum absolute atomic E-state index is 0. The van der Waals surface area contributed by atoms with E-state index < -0.39 is 0 Å². The van der Waals surface area contributed by atoms with Crippen LogP contribution in [0, 0.1) is 0 Å². The van der Waals surface area contributed by atoms with Crippen molar-refractivity contribution >= 4 is 35.8 Å². The van der Waals surface area contributed by atoms with Gasteiger partial charge in [-0.15, -0.1) is 24.0 Å². The number of nitrogens with one attached hydrogen (secondary N) is 1. The number of carbonyl (C=O) groups excluding carboxylic acids is 1. The van der Waals surface area contributed by atoms with E-state index in [9.17, 15) is 4.79 Å². The topological polar surface area (TPSA) is 47.9 Å². The lowest BCUT2D eigenvalue weighted by atomic mass is 10.0. The van der Waals surface area contributed by atoms with E-state index in [4.69, 9.17) is 0 Å². The number of likely N-dealkylation sites (tertiary alicyclic amines) is 1. The summed E-state index contributed by atoms with van der Waals surface area (Å²) in [6, 6.07) is 8.55. The Bertz CT molecular complexity index is 584. The van der Waals surface area contributed by atoms with Crippen LogP contribution in [0.1, 0.15) is 30.4 Å². The highest BCUT2D eigenvalue weighted by molar-refractivity contribution is 14.0. The summed E-state index contributed by atoms with van der Waals surface area (Å²) in [5, 5.41) is 3.25. The third-order valence-electron chi connectivity index (χ3n) is 4.75. The molecular formula is C18H27IN4O. The maximum Gasteiger partial charge on any atom is 0.241 e. The molecule has 0 unspecified atom stereocenters. The SMILES string of the molecule is CN=C(NCC(=O)N1CCCCC1)N1CCc2ccccc2C1.I.